The molecule has 0 saturated carbocycles. The van der Waals surface area contributed by atoms with Gasteiger partial charge in [-0.3, -0.25) is 10.0 Å². The molecule has 13 heteroatoms. The molecule has 8 nitrogen and oxygen atoms in total. The van der Waals surface area contributed by atoms with Crippen molar-refractivity contribution in [3.05, 3.63) is 29.8 Å². The van der Waals surface area contributed by atoms with Crippen LogP contribution in [0.5, 0.6) is 5.75 Å². The summed E-state index contributed by atoms with van der Waals surface area (Å²) < 4.78 is 70.6. The zero-order valence-electron chi connectivity index (χ0n) is 17.2. The third-order valence-corrected chi connectivity index (χ3v) is 8.59. The molecule has 1 aromatic rings. The van der Waals surface area contributed by atoms with Gasteiger partial charge in [0.15, 0.2) is 0 Å². The first-order valence-corrected chi connectivity index (χ1v) is 11.5. The van der Waals surface area contributed by atoms with E-state index in [1.54, 1.807) is 0 Å². The quantitative estimate of drug-likeness (QED) is 0.408. The van der Waals surface area contributed by atoms with Crippen molar-refractivity contribution in [2.45, 2.75) is 49.1 Å². The summed E-state index contributed by atoms with van der Waals surface area (Å²) in [6.45, 7) is 1.27. The first kappa shape index (κ1) is 26.7. The Bertz CT molecular complexity index is 869. The zero-order valence-corrected chi connectivity index (χ0v) is 18.9. The van der Waals surface area contributed by atoms with Gasteiger partial charge in [0, 0.05) is 19.5 Å². The lowest BCUT2D eigenvalue weighted by Gasteiger charge is -2.42. The van der Waals surface area contributed by atoms with E-state index in [-0.39, 0.29) is 50.9 Å². The molecule has 0 spiro atoms. The number of amides is 1. The Kier molecular flexibility index (Phi) is 8.79. The van der Waals surface area contributed by atoms with Gasteiger partial charge in [0.2, 0.25) is 15.9 Å². The number of carbonyl (C=O) groups is 1. The fourth-order valence-electron chi connectivity index (χ4n) is 4.12. The number of halogens is 4. The zero-order chi connectivity index (χ0) is 22.7. The summed E-state index contributed by atoms with van der Waals surface area (Å²) in [5.74, 6) is -0.449. The van der Waals surface area contributed by atoms with Crippen LogP contribution >= 0.6 is 12.4 Å². The maximum absolute atomic E-state index is 13.4. The van der Waals surface area contributed by atoms with Gasteiger partial charge in [-0.2, -0.15) is 13.2 Å². The predicted molar refractivity (Wildman–Crippen MR) is 112 cm³/mol. The second-order valence-corrected chi connectivity index (χ2v) is 10.2. The number of nitrogens with one attached hydrogen (secondary N) is 2. The number of nitrogens with zero attached hydrogens (tertiary/aromatic N) is 1. The number of ether oxygens (including phenoxy) is 1. The molecule has 0 unspecified atom stereocenters. The highest BCUT2D eigenvalue weighted by molar-refractivity contribution is 7.90. The van der Waals surface area contributed by atoms with Crippen molar-refractivity contribution in [1.82, 2.24) is 15.1 Å². The molecular formula is C19H27ClF3N3O5S. The molecule has 2 heterocycles. The fraction of sp³-hybridized carbons (Fsp3) is 0.632. The van der Waals surface area contributed by atoms with Gasteiger partial charge in [-0.1, -0.05) is 0 Å². The molecular weight excluding hydrogens is 475 g/mol. The Balaban J connectivity index is 0.00000363. The number of sulfonamides is 1. The first-order chi connectivity index (χ1) is 14.6. The lowest BCUT2D eigenvalue weighted by atomic mass is 9.93. The molecule has 2 aliphatic rings. The molecule has 2 aliphatic heterocycles. The number of hydroxylamine groups is 1. The van der Waals surface area contributed by atoms with Gasteiger partial charge < -0.3 is 10.1 Å². The summed E-state index contributed by atoms with van der Waals surface area (Å²) in [5.41, 5.74) is 0.763. The number of alkyl halides is 3. The number of carbonyl (C=O) groups excluding carboxylic acids is 1. The molecule has 0 atom stereocenters. The Labute approximate surface area is 190 Å². The van der Waals surface area contributed by atoms with Gasteiger partial charge >= 0.3 is 6.18 Å². The normalized spacial score (nSPS) is 20.2. The average molecular weight is 502 g/mol. The van der Waals surface area contributed by atoms with E-state index in [9.17, 15) is 26.4 Å². The summed E-state index contributed by atoms with van der Waals surface area (Å²) in [6.07, 6.45) is -3.81. The summed E-state index contributed by atoms with van der Waals surface area (Å²) in [7, 11) is -3.83. The molecule has 32 heavy (non-hydrogen) atoms. The molecule has 0 radical (unpaired) electrons. The number of hydrogen-bond acceptors (Lipinski definition) is 6. The van der Waals surface area contributed by atoms with Gasteiger partial charge in [-0.25, -0.2) is 18.2 Å². The molecule has 3 rings (SSSR count). The second kappa shape index (κ2) is 10.6. The Morgan fingerprint density at radius 2 is 1.75 bits per heavy atom. The van der Waals surface area contributed by atoms with Gasteiger partial charge in [-0.05, 0) is 63.0 Å². The van der Waals surface area contributed by atoms with Crippen LogP contribution in [0.2, 0.25) is 0 Å². The monoisotopic (exact) mass is 501 g/mol. The third-order valence-electron chi connectivity index (χ3n) is 5.89. The predicted octanol–water partition coefficient (Wildman–Crippen LogP) is 2.32. The molecule has 1 amide bonds. The Morgan fingerprint density at radius 3 is 2.25 bits per heavy atom. The van der Waals surface area contributed by atoms with E-state index in [2.05, 4.69) is 5.32 Å². The van der Waals surface area contributed by atoms with Crippen LogP contribution in [-0.4, -0.2) is 60.9 Å². The highest BCUT2D eigenvalue weighted by Gasteiger charge is 2.49. The molecule has 0 bridgehead atoms. The highest BCUT2D eigenvalue weighted by Crippen LogP contribution is 2.36. The standard InChI is InChI=1S/C19H26F3N3O5S.ClH/c20-19(21,22)14-1-3-15(4-2-14)30-16-5-11-25(12-6-16)31(28,29)18(13-17(26)24-27)7-9-23-10-8-18;/h1-4,16,23,27H,5-13H2,(H,24,26);1H. The summed E-state index contributed by atoms with van der Waals surface area (Å²) in [5, 5.41) is 12.0. The second-order valence-electron chi connectivity index (χ2n) is 7.89. The highest BCUT2D eigenvalue weighted by atomic mass is 35.5. The fourth-order valence-corrected chi connectivity index (χ4v) is 6.39. The van der Waals surface area contributed by atoms with Crippen LogP contribution in [0.4, 0.5) is 13.2 Å². The van der Waals surface area contributed by atoms with Crippen LogP contribution in [0.25, 0.3) is 0 Å². The van der Waals surface area contributed by atoms with Crippen molar-refractivity contribution in [2.75, 3.05) is 26.2 Å². The van der Waals surface area contributed by atoms with Gasteiger partial charge in [-0.15, -0.1) is 12.4 Å². The van der Waals surface area contributed by atoms with Crippen molar-refractivity contribution in [3.63, 3.8) is 0 Å². The lowest BCUT2D eigenvalue weighted by molar-refractivity contribution is -0.137. The van der Waals surface area contributed by atoms with E-state index in [0.29, 0.717) is 31.7 Å². The maximum atomic E-state index is 13.4. The van der Waals surface area contributed by atoms with Crippen LogP contribution in [-0.2, 0) is 21.0 Å². The van der Waals surface area contributed by atoms with Crippen molar-refractivity contribution in [2.24, 2.45) is 0 Å². The Hall–Kier alpha value is -1.60. The minimum absolute atomic E-state index is 0. The number of hydrogen-bond donors (Lipinski definition) is 3. The van der Waals surface area contributed by atoms with E-state index < -0.39 is 32.4 Å². The average Bonchev–Trinajstić information content (AvgIpc) is 2.74. The summed E-state index contributed by atoms with van der Waals surface area (Å²) >= 11 is 0. The molecule has 2 fully saturated rings. The SMILES string of the molecule is Cl.O=C(CC1(S(=O)(=O)N2CCC(Oc3ccc(C(F)(F)F)cc3)CC2)CCNCC1)NO. The van der Waals surface area contributed by atoms with E-state index >= 15 is 0 Å². The molecule has 3 N–H and O–H groups in total. The van der Waals surface area contributed by atoms with Crippen LogP contribution in [0, 0.1) is 0 Å². The molecule has 1 aromatic carbocycles. The lowest BCUT2D eigenvalue weighted by Crippen LogP contribution is -2.57. The number of benzene rings is 1. The Morgan fingerprint density at radius 1 is 1.19 bits per heavy atom. The van der Waals surface area contributed by atoms with E-state index in [1.807, 2.05) is 0 Å². The van der Waals surface area contributed by atoms with Crippen LogP contribution in [0.3, 0.4) is 0 Å². The summed E-state index contributed by atoms with van der Waals surface area (Å²) in [6, 6.07) is 4.40. The topological polar surface area (TPSA) is 108 Å². The van der Waals surface area contributed by atoms with E-state index in [4.69, 9.17) is 9.94 Å². The molecule has 182 valence electrons. The minimum Gasteiger partial charge on any atom is -0.490 e. The smallest absolute Gasteiger partial charge is 0.416 e. The van der Waals surface area contributed by atoms with Gasteiger partial charge in [0.1, 0.15) is 11.9 Å². The maximum Gasteiger partial charge on any atom is 0.416 e. The van der Waals surface area contributed by atoms with Crippen molar-refractivity contribution >= 4 is 28.3 Å². The van der Waals surface area contributed by atoms with Crippen molar-refractivity contribution < 1.29 is 36.3 Å². The number of piperidine rings is 2. The largest absolute Gasteiger partial charge is 0.490 e. The minimum atomic E-state index is -4.42. The molecule has 0 aromatic heterocycles. The van der Waals surface area contributed by atoms with Crippen molar-refractivity contribution in [3.8, 4) is 5.75 Å². The van der Waals surface area contributed by atoms with E-state index in [1.165, 1.54) is 21.9 Å². The van der Waals surface area contributed by atoms with E-state index in [0.717, 1.165) is 12.1 Å². The van der Waals surface area contributed by atoms with Crippen LogP contribution < -0.4 is 15.5 Å². The van der Waals surface area contributed by atoms with Crippen molar-refractivity contribution in [1.29, 1.82) is 0 Å². The van der Waals surface area contributed by atoms with Crippen LogP contribution in [0.15, 0.2) is 24.3 Å². The van der Waals surface area contributed by atoms with Gasteiger partial charge in [0.05, 0.1) is 10.3 Å². The molecule has 0 aliphatic carbocycles. The third kappa shape index (κ3) is 5.84. The van der Waals surface area contributed by atoms with Crippen LogP contribution in [0.1, 0.15) is 37.7 Å². The first-order valence-electron chi connectivity index (χ1n) is 10.0. The molecule has 2 saturated heterocycles. The summed E-state index contributed by atoms with van der Waals surface area (Å²) in [4.78, 5) is 11.8. The number of rotatable bonds is 6. The van der Waals surface area contributed by atoms with Gasteiger partial charge in [0.25, 0.3) is 0 Å².